The van der Waals surface area contributed by atoms with Gasteiger partial charge in [0, 0.05) is 25.8 Å². The average molecular weight is 312 g/mol. The molecule has 0 bridgehead atoms. The zero-order chi connectivity index (χ0) is 15.8. The lowest BCUT2D eigenvalue weighted by atomic mass is 10.1. The monoisotopic (exact) mass is 311 g/mol. The summed E-state index contributed by atoms with van der Waals surface area (Å²) in [4.78, 5) is 6.94. The Morgan fingerprint density at radius 2 is 1.71 bits per heavy atom. The van der Waals surface area contributed by atoms with Crippen LogP contribution in [0.2, 0.25) is 5.02 Å². The highest BCUT2D eigenvalue weighted by atomic mass is 35.5. The third-order valence-electron chi connectivity index (χ3n) is 3.56. The van der Waals surface area contributed by atoms with E-state index in [0.717, 1.165) is 36.0 Å². The lowest BCUT2D eigenvalue weighted by Gasteiger charge is -2.26. The number of nitrogens with zero attached hydrogens (tertiary/aromatic N) is 2. The summed E-state index contributed by atoms with van der Waals surface area (Å²) in [5.41, 5.74) is 1.11. The fraction of sp³-hybridized carbons (Fsp3) is 0.706. The molecule has 1 rings (SSSR count). The van der Waals surface area contributed by atoms with Gasteiger partial charge in [0.2, 0.25) is 0 Å². The second-order valence-corrected chi connectivity index (χ2v) is 6.92. The molecule has 3 nitrogen and oxygen atoms in total. The van der Waals surface area contributed by atoms with Gasteiger partial charge >= 0.3 is 0 Å². The molecule has 21 heavy (non-hydrogen) atoms. The first kappa shape index (κ1) is 18.2. The van der Waals surface area contributed by atoms with Crippen molar-refractivity contribution in [3.63, 3.8) is 0 Å². The van der Waals surface area contributed by atoms with Gasteiger partial charge in [-0.2, -0.15) is 0 Å². The van der Waals surface area contributed by atoms with Crippen molar-refractivity contribution >= 4 is 17.4 Å². The number of rotatable bonds is 9. The predicted octanol–water partition coefficient (Wildman–Crippen LogP) is 4.35. The van der Waals surface area contributed by atoms with Crippen molar-refractivity contribution < 1.29 is 0 Å². The van der Waals surface area contributed by atoms with E-state index in [2.05, 4.69) is 49.0 Å². The molecule has 0 spiro atoms. The molecule has 0 unspecified atom stereocenters. The largest absolute Gasteiger partial charge is 0.357 e. The molecule has 0 radical (unpaired) electrons. The van der Waals surface area contributed by atoms with E-state index >= 15 is 0 Å². The summed E-state index contributed by atoms with van der Waals surface area (Å²) < 4.78 is 0. The van der Waals surface area contributed by atoms with E-state index in [1.165, 1.54) is 12.8 Å². The van der Waals surface area contributed by atoms with E-state index in [0.29, 0.717) is 11.8 Å². The highest BCUT2D eigenvalue weighted by molar-refractivity contribution is 6.31. The molecular formula is C17H30ClN3. The molecular weight excluding hydrogens is 282 g/mol. The molecule has 0 saturated carbocycles. The predicted molar refractivity (Wildman–Crippen MR) is 93.1 cm³/mol. The van der Waals surface area contributed by atoms with Gasteiger partial charge in [-0.3, -0.25) is 0 Å². The molecule has 4 heteroatoms. The number of anilines is 1. The standard InChI is InChI=1S/C17H30ClN3/c1-13(2)6-8-21(9-7-14(3)4)17-10-15(11-19-5)16(18)12-20-17/h10,12-14,19H,6-9,11H2,1-5H3. The van der Waals surface area contributed by atoms with Gasteiger partial charge in [0.1, 0.15) is 5.82 Å². The minimum atomic E-state index is 0.704. The van der Waals surface area contributed by atoms with E-state index in [1.54, 1.807) is 6.20 Å². The summed E-state index contributed by atoms with van der Waals surface area (Å²) >= 11 is 6.21. The van der Waals surface area contributed by atoms with Crippen molar-refractivity contribution in [1.82, 2.24) is 10.3 Å². The number of nitrogens with one attached hydrogen (secondary N) is 1. The van der Waals surface area contributed by atoms with E-state index in [1.807, 2.05) is 7.05 Å². The number of hydrogen-bond acceptors (Lipinski definition) is 3. The molecule has 120 valence electrons. The van der Waals surface area contributed by atoms with E-state index in [4.69, 9.17) is 11.6 Å². The Labute approximate surface area is 135 Å². The molecule has 1 heterocycles. The van der Waals surface area contributed by atoms with Crippen LogP contribution in [0, 0.1) is 11.8 Å². The maximum Gasteiger partial charge on any atom is 0.128 e. The second-order valence-electron chi connectivity index (χ2n) is 6.52. The smallest absolute Gasteiger partial charge is 0.128 e. The molecule has 0 aliphatic carbocycles. The van der Waals surface area contributed by atoms with Crippen molar-refractivity contribution in [3.05, 3.63) is 22.8 Å². The number of hydrogen-bond donors (Lipinski definition) is 1. The summed E-state index contributed by atoms with van der Waals surface area (Å²) in [6.07, 6.45) is 4.15. The van der Waals surface area contributed by atoms with Gasteiger partial charge in [0.05, 0.1) is 5.02 Å². The van der Waals surface area contributed by atoms with Gasteiger partial charge in [0.15, 0.2) is 0 Å². The third kappa shape index (κ3) is 6.66. The Balaban J connectivity index is 2.86. The minimum Gasteiger partial charge on any atom is -0.357 e. The quantitative estimate of drug-likeness (QED) is 0.734. The summed E-state index contributed by atoms with van der Waals surface area (Å²) in [5, 5.41) is 3.90. The van der Waals surface area contributed by atoms with Gasteiger partial charge in [-0.05, 0) is 43.4 Å². The molecule has 0 atom stereocenters. The Morgan fingerprint density at radius 3 is 2.19 bits per heavy atom. The zero-order valence-electron chi connectivity index (χ0n) is 14.1. The maximum atomic E-state index is 6.21. The van der Waals surface area contributed by atoms with Gasteiger partial charge in [-0.25, -0.2) is 4.98 Å². The first-order valence-electron chi connectivity index (χ1n) is 7.98. The average Bonchev–Trinajstić information content (AvgIpc) is 2.41. The summed E-state index contributed by atoms with van der Waals surface area (Å²) in [6, 6.07) is 2.12. The molecule has 0 aromatic carbocycles. The van der Waals surface area contributed by atoms with Crippen LogP contribution in [0.1, 0.15) is 46.1 Å². The van der Waals surface area contributed by atoms with Crippen LogP contribution < -0.4 is 10.2 Å². The maximum absolute atomic E-state index is 6.21. The number of halogens is 1. The van der Waals surface area contributed by atoms with E-state index < -0.39 is 0 Å². The molecule has 0 fully saturated rings. The van der Waals surface area contributed by atoms with E-state index in [9.17, 15) is 0 Å². The molecule has 1 aromatic heterocycles. The molecule has 1 aromatic rings. The number of pyridine rings is 1. The van der Waals surface area contributed by atoms with Gasteiger partial charge < -0.3 is 10.2 Å². The van der Waals surface area contributed by atoms with Crippen LogP contribution in [-0.2, 0) is 6.54 Å². The summed E-state index contributed by atoms with van der Waals surface area (Å²) in [5.74, 6) is 2.46. The highest BCUT2D eigenvalue weighted by Gasteiger charge is 2.12. The minimum absolute atomic E-state index is 0.704. The number of aromatic nitrogens is 1. The molecule has 0 amide bonds. The van der Waals surface area contributed by atoms with Crippen molar-refractivity contribution in [3.8, 4) is 0 Å². The molecule has 0 aliphatic rings. The Morgan fingerprint density at radius 1 is 1.14 bits per heavy atom. The first-order chi connectivity index (χ1) is 9.93. The zero-order valence-corrected chi connectivity index (χ0v) is 14.9. The highest BCUT2D eigenvalue weighted by Crippen LogP contribution is 2.22. The van der Waals surface area contributed by atoms with Gasteiger partial charge in [0.25, 0.3) is 0 Å². The van der Waals surface area contributed by atoms with Crippen molar-refractivity contribution in [2.75, 3.05) is 25.0 Å². The second kappa shape index (κ2) is 9.26. The summed E-state index contributed by atoms with van der Waals surface area (Å²) in [7, 11) is 1.94. The normalized spacial score (nSPS) is 11.4. The fourth-order valence-electron chi connectivity index (χ4n) is 2.14. The van der Waals surface area contributed by atoms with Crippen LogP contribution in [0.15, 0.2) is 12.3 Å². The van der Waals surface area contributed by atoms with Crippen molar-refractivity contribution in [1.29, 1.82) is 0 Å². The fourth-order valence-corrected chi connectivity index (χ4v) is 2.31. The van der Waals surface area contributed by atoms with Crippen LogP contribution in [0.4, 0.5) is 5.82 Å². The first-order valence-corrected chi connectivity index (χ1v) is 8.35. The molecule has 0 aliphatic heterocycles. The third-order valence-corrected chi connectivity index (χ3v) is 3.90. The lowest BCUT2D eigenvalue weighted by Crippen LogP contribution is -2.28. The SMILES string of the molecule is CNCc1cc(N(CCC(C)C)CCC(C)C)ncc1Cl. The Kier molecular flexibility index (Phi) is 8.05. The van der Waals surface area contributed by atoms with Crippen LogP contribution >= 0.6 is 11.6 Å². The van der Waals surface area contributed by atoms with E-state index in [-0.39, 0.29) is 0 Å². The van der Waals surface area contributed by atoms with Crippen LogP contribution in [0.3, 0.4) is 0 Å². The van der Waals surface area contributed by atoms with Crippen LogP contribution in [-0.4, -0.2) is 25.1 Å². The van der Waals surface area contributed by atoms with Crippen LogP contribution in [0.25, 0.3) is 0 Å². The lowest BCUT2D eigenvalue weighted by molar-refractivity contribution is 0.533. The topological polar surface area (TPSA) is 28.2 Å². The van der Waals surface area contributed by atoms with Crippen LogP contribution in [0.5, 0.6) is 0 Å². The molecule has 1 N–H and O–H groups in total. The van der Waals surface area contributed by atoms with Crippen molar-refractivity contribution in [2.45, 2.75) is 47.1 Å². The summed E-state index contributed by atoms with van der Waals surface area (Å²) in [6.45, 7) is 11.9. The van der Waals surface area contributed by atoms with Gasteiger partial charge in [-0.1, -0.05) is 39.3 Å². The molecule has 0 saturated heterocycles. The Hall–Kier alpha value is -0.800. The van der Waals surface area contributed by atoms with Gasteiger partial charge in [-0.15, -0.1) is 0 Å². The van der Waals surface area contributed by atoms with Crippen molar-refractivity contribution in [2.24, 2.45) is 11.8 Å². The Bertz CT molecular complexity index is 406.